The minimum absolute atomic E-state index is 0.0753. The molecule has 0 saturated carbocycles. The van der Waals surface area contributed by atoms with Crippen LogP contribution in [-0.2, 0) is 0 Å². The summed E-state index contributed by atoms with van der Waals surface area (Å²) in [7, 11) is 0. The van der Waals surface area contributed by atoms with E-state index < -0.39 is 5.25 Å². The first-order valence-electron chi connectivity index (χ1n) is 8.30. The van der Waals surface area contributed by atoms with Crippen LogP contribution in [0.2, 0.25) is 0 Å². The maximum atomic E-state index is 13.4. The van der Waals surface area contributed by atoms with Gasteiger partial charge in [-0.3, -0.25) is 9.59 Å². The molecule has 0 bridgehead atoms. The number of benzene rings is 2. The molecule has 4 N–H and O–H groups in total. The lowest BCUT2D eigenvalue weighted by Crippen LogP contribution is -2.13. The summed E-state index contributed by atoms with van der Waals surface area (Å²) >= 11 is 1.17. The topological polar surface area (TPSA) is 105 Å². The van der Waals surface area contributed by atoms with Gasteiger partial charge in [-0.05, 0) is 11.6 Å². The predicted molar refractivity (Wildman–Crippen MR) is 107 cm³/mol. The third-order valence-corrected chi connectivity index (χ3v) is 5.30. The smallest absolute Gasteiger partial charge is 0.253 e. The van der Waals surface area contributed by atoms with Crippen LogP contribution in [0.25, 0.3) is 10.9 Å². The number of nitrogen functional groups attached to an aromatic ring is 1. The molecule has 0 amide bonds. The van der Waals surface area contributed by atoms with Gasteiger partial charge < -0.3 is 15.7 Å². The summed E-state index contributed by atoms with van der Waals surface area (Å²) in [5, 5.41) is 0.593. The summed E-state index contributed by atoms with van der Waals surface area (Å²) in [6, 6.07) is 18.3. The van der Waals surface area contributed by atoms with Crippen molar-refractivity contribution in [1.29, 1.82) is 0 Å². The molecule has 134 valence electrons. The molecule has 2 heterocycles. The standard InChI is InChI=1S/C20H16N4O2S/c21-16-10-17(25)24-20(23-16)27-19(12-6-2-1-3-7-12)18(26)14-11-22-15-9-5-4-8-13(14)15/h1-11,19,22H,(H3,21,23,24,25). The Bertz CT molecular complexity index is 1170. The van der Waals surface area contributed by atoms with E-state index in [1.807, 2.05) is 54.6 Å². The Morgan fingerprint density at radius 3 is 2.59 bits per heavy atom. The van der Waals surface area contributed by atoms with Gasteiger partial charge in [0.25, 0.3) is 5.56 Å². The van der Waals surface area contributed by atoms with Crippen molar-refractivity contribution in [3.63, 3.8) is 0 Å². The highest BCUT2D eigenvalue weighted by Crippen LogP contribution is 2.37. The number of aromatic amines is 2. The summed E-state index contributed by atoms with van der Waals surface area (Å²) < 4.78 is 0. The Kier molecular flexibility index (Phi) is 4.52. The summed E-state index contributed by atoms with van der Waals surface area (Å²) in [6.07, 6.45) is 1.72. The second-order valence-corrected chi connectivity index (χ2v) is 7.09. The van der Waals surface area contributed by atoms with Crippen molar-refractivity contribution in [2.24, 2.45) is 0 Å². The summed E-state index contributed by atoms with van der Waals surface area (Å²) in [6.45, 7) is 0. The van der Waals surface area contributed by atoms with E-state index in [1.165, 1.54) is 17.8 Å². The van der Waals surface area contributed by atoms with Gasteiger partial charge >= 0.3 is 0 Å². The van der Waals surface area contributed by atoms with Gasteiger partial charge in [0.15, 0.2) is 10.9 Å². The third kappa shape index (κ3) is 3.50. The van der Waals surface area contributed by atoms with Gasteiger partial charge in [-0.1, -0.05) is 60.3 Å². The summed E-state index contributed by atoms with van der Waals surface area (Å²) in [5.41, 5.74) is 7.65. The minimum Gasteiger partial charge on any atom is -0.383 e. The molecule has 0 spiro atoms. The van der Waals surface area contributed by atoms with Crippen LogP contribution in [0, 0.1) is 0 Å². The van der Waals surface area contributed by atoms with E-state index in [4.69, 9.17) is 5.73 Å². The van der Waals surface area contributed by atoms with Gasteiger partial charge in [0.1, 0.15) is 11.1 Å². The predicted octanol–water partition coefficient (Wildman–Crippen LogP) is 3.55. The molecule has 0 radical (unpaired) electrons. The number of nitrogens with one attached hydrogen (secondary N) is 2. The lowest BCUT2D eigenvalue weighted by atomic mass is 10.0. The number of H-pyrrole nitrogens is 2. The zero-order chi connectivity index (χ0) is 18.8. The molecular formula is C20H16N4O2S. The normalized spacial score (nSPS) is 12.1. The molecule has 6 nitrogen and oxygen atoms in total. The van der Waals surface area contributed by atoms with Crippen LogP contribution < -0.4 is 11.3 Å². The number of carbonyl (C=O) groups excluding carboxylic acids is 1. The molecule has 2 aromatic carbocycles. The number of Topliss-reactive ketones (excluding diaryl/α,β-unsaturated/α-hetero) is 1. The number of rotatable bonds is 5. The number of carbonyl (C=O) groups is 1. The number of nitrogens with zero attached hydrogens (tertiary/aromatic N) is 1. The number of anilines is 1. The lowest BCUT2D eigenvalue weighted by molar-refractivity contribution is 0.0991. The van der Waals surface area contributed by atoms with Crippen LogP contribution >= 0.6 is 11.8 Å². The fourth-order valence-corrected chi connectivity index (χ4v) is 4.01. The maximum Gasteiger partial charge on any atom is 0.253 e. The summed E-state index contributed by atoms with van der Waals surface area (Å²) in [5.74, 6) is 0.0429. The Labute approximate surface area is 158 Å². The van der Waals surface area contributed by atoms with Gasteiger partial charge in [-0.2, -0.15) is 0 Å². The fraction of sp³-hybridized carbons (Fsp3) is 0.0500. The van der Waals surface area contributed by atoms with E-state index in [1.54, 1.807) is 6.20 Å². The van der Waals surface area contributed by atoms with Gasteiger partial charge in [-0.25, -0.2) is 4.98 Å². The first-order valence-corrected chi connectivity index (χ1v) is 9.18. The van der Waals surface area contributed by atoms with E-state index in [0.29, 0.717) is 10.7 Å². The molecule has 4 rings (SSSR count). The highest BCUT2D eigenvalue weighted by Gasteiger charge is 2.26. The number of fused-ring (bicyclic) bond motifs is 1. The Morgan fingerprint density at radius 2 is 1.81 bits per heavy atom. The first-order chi connectivity index (χ1) is 13.1. The molecule has 0 aliphatic heterocycles. The van der Waals surface area contributed by atoms with Crippen molar-refractivity contribution in [3.8, 4) is 0 Å². The van der Waals surface area contributed by atoms with Crippen molar-refractivity contribution in [2.75, 3.05) is 5.73 Å². The molecule has 4 aromatic rings. The number of thioether (sulfide) groups is 1. The van der Waals surface area contributed by atoms with Crippen molar-refractivity contribution >= 4 is 34.3 Å². The highest BCUT2D eigenvalue weighted by atomic mass is 32.2. The molecule has 7 heteroatoms. The van der Waals surface area contributed by atoms with Crippen LogP contribution in [0.3, 0.4) is 0 Å². The van der Waals surface area contributed by atoms with E-state index in [-0.39, 0.29) is 17.2 Å². The molecule has 1 unspecified atom stereocenters. The molecule has 27 heavy (non-hydrogen) atoms. The monoisotopic (exact) mass is 376 g/mol. The third-order valence-electron chi connectivity index (χ3n) is 4.16. The number of para-hydroxylation sites is 1. The van der Waals surface area contributed by atoms with Gasteiger partial charge in [0.2, 0.25) is 0 Å². The van der Waals surface area contributed by atoms with Gasteiger partial charge in [0, 0.05) is 28.7 Å². The zero-order valence-electron chi connectivity index (χ0n) is 14.2. The number of ketones is 1. The molecule has 0 aliphatic rings. The number of hydrogen-bond acceptors (Lipinski definition) is 5. The van der Waals surface area contributed by atoms with E-state index >= 15 is 0 Å². The van der Waals surface area contributed by atoms with Gasteiger partial charge in [-0.15, -0.1) is 0 Å². The molecule has 0 saturated heterocycles. The summed E-state index contributed by atoms with van der Waals surface area (Å²) in [4.78, 5) is 35.1. The van der Waals surface area contributed by atoms with Crippen LogP contribution in [-0.4, -0.2) is 20.7 Å². The van der Waals surface area contributed by atoms with Crippen LogP contribution in [0.4, 0.5) is 5.82 Å². The van der Waals surface area contributed by atoms with Crippen molar-refractivity contribution in [2.45, 2.75) is 10.4 Å². The quantitative estimate of drug-likeness (QED) is 0.281. The SMILES string of the molecule is Nc1cc(=O)[nH]c(SC(C(=O)c2c[nH]c3ccccc23)c2ccccc2)n1. The van der Waals surface area contributed by atoms with Gasteiger partial charge in [0.05, 0.1) is 0 Å². The number of hydrogen-bond donors (Lipinski definition) is 3. The molecule has 2 aromatic heterocycles. The first kappa shape index (κ1) is 17.1. The van der Waals surface area contributed by atoms with Crippen LogP contribution in [0.1, 0.15) is 21.2 Å². The second kappa shape index (κ2) is 7.13. The largest absolute Gasteiger partial charge is 0.383 e. The van der Waals surface area contributed by atoms with E-state index in [9.17, 15) is 9.59 Å². The van der Waals surface area contributed by atoms with E-state index in [2.05, 4.69) is 15.0 Å². The Hall–Kier alpha value is -3.32. The minimum atomic E-state index is -0.574. The lowest BCUT2D eigenvalue weighted by Gasteiger charge is -2.15. The number of nitrogens with two attached hydrogens (primary N) is 1. The Morgan fingerprint density at radius 1 is 1.07 bits per heavy atom. The molecular weight excluding hydrogens is 360 g/mol. The average molecular weight is 376 g/mol. The van der Waals surface area contributed by atoms with Crippen LogP contribution in [0.5, 0.6) is 0 Å². The average Bonchev–Trinajstić information content (AvgIpc) is 3.10. The van der Waals surface area contributed by atoms with Crippen molar-refractivity contribution < 1.29 is 4.79 Å². The number of aromatic nitrogens is 3. The molecule has 0 fully saturated rings. The van der Waals surface area contributed by atoms with Crippen LogP contribution in [0.15, 0.2) is 76.8 Å². The van der Waals surface area contributed by atoms with Crippen molar-refractivity contribution in [3.05, 3.63) is 88.3 Å². The fourth-order valence-electron chi connectivity index (χ4n) is 2.94. The molecule has 1 atom stereocenters. The molecule has 0 aliphatic carbocycles. The van der Waals surface area contributed by atoms with Crippen molar-refractivity contribution in [1.82, 2.24) is 15.0 Å². The maximum absolute atomic E-state index is 13.4. The second-order valence-electron chi connectivity index (χ2n) is 6.00. The zero-order valence-corrected chi connectivity index (χ0v) is 15.0. The highest BCUT2D eigenvalue weighted by molar-refractivity contribution is 8.00. The Balaban J connectivity index is 1.78. The van der Waals surface area contributed by atoms with E-state index in [0.717, 1.165) is 16.5 Å².